The lowest BCUT2D eigenvalue weighted by atomic mass is 9.89. The Balaban J connectivity index is 1.60. The van der Waals surface area contributed by atoms with Gasteiger partial charge in [0.15, 0.2) is 0 Å². The Bertz CT molecular complexity index is 777. The molecule has 1 saturated carbocycles. The van der Waals surface area contributed by atoms with Crippen LogP contribution in [0, 0.1) is 11.3 Å². The lowest BCUT2D eigenvalue weighted by Gasteiger charge is -2.17. The molecule has 1 aromatic heterocycles. The molecular formula is C18H20N4O2S. The minimum Gasteiger partial charge on any atom is -0.416 e. The van der Waals surface area contributed by atoms with Gasteiger partial charge in [0.25, 0.3) is 5.22 Å². The number of nitrogens with one attached hydrogen (secondary N) is 1. The molecule has 0 aliphatic heterocycles. The number of nitriles is 1. The quantitative estimate of drug-likeness (QED) is 0.811. The Morgan fingerprint density at radius 1 is 1.32 bits per heavy atom. The van der Waals surface area contributed by atoms with Crippen LogP contribution in [0.3, 0.4) is 0 Å². The molecule has 2 aromatic rings. The van der Waals surface area contributed by atoms with Gasteiger partial charge in [0.1, 0.15) is 6.07 Å². The summed E-state index contributed by atoms with van der Waals surface area (Å²) in [6.07, 6.45) is 5.85. The van der Waals surface area contributed by atoms with E-state index in [2.05, 4.69) is 21.6 Å². The molecule has 6 nitrogen and oxygen atoms in total. The van der Waals surface area contributed by atoms with Crippen molar-refractivity contribution in [3.63, 3.8) is 0 Å². The van der Waals surface area contributed by atoms with E-state index in [1.54, 1.807) is 31.2 Å². The van der Waals surface area contributed by atoms with Gasteiger partial charge < -0.3 is 9.73 Å². The number of carbonyl (C=O) groups excluding carboxylic acids is 1. The molecular weight excluding hydrogens is 336 g/mol. The van der Waals surface area contributed by atoms with E-state index in [9.17, 15) is 4.79 Å². The van der Waals surface area contributed by atoms with Crippen LogP contribution in [0.2, 0.25) is 0 Å². The summed E-state index contributed by atoms with van der Waals surface area (Å²) in [5.41, 5.74) is 0.946. The minimum absolute atomic E-state index is 0.204. The van der Waals surface area contributed by atoms with Crippen molar-refractivity contribution >= 4 is 23.4 Å². The molecule has 3 rings (SSSR count). The maximum Gasteiger partial charge on any atom is 0.277 e. The summed E-state index contributed by atoms with van der Waals surface area (Å²) in [5.74, 6) is 0.831. The van der Waals surface area contributed by atoms with Crippen LogP contribution in [0.25, 0.3) is 0 Å². The molecule has 0 saturated heterocycles. The van der Waals surface area contributed by atoms with Crippen molar-refractivity contribution < 1.29 is 9.21 Å². The number of thioether (sulfide) groups is 1. The fourth-order valence-electron chi connectivity index (χ4n) is 2.91. The summed E-state index contributed by atoms with van der Waals surface area (Å²) in [5, 5.41) is 20.1. The van der Waals surface area contributed by atoms with E-state index in [0.717, 1.165) is 12.8 Å². The third-order valence-corrected chi connectivity index (χ3v) is 5.26. The number of para-hydroxylation sites is 1. The van der Waals surface area contributed by atoms with Crippen molar-refractivity contribution in [3.05, 3.63) is 35.7 Å². The van der Waals surface area contributed by atoms with Crippen molar-refractivity contribution in [2.75, 3.05) is 5.32 Å². The first kappa shape index (κ1) is 17.5. The molecule has 1 aromatic carbocycles. The van der Waals surface area contributed by atoms with Crippen molar-refractivity contribution in [3.8, 4) is 6.07 Å². The van der Waals surface area contributed by atoms with Crippen molar-refractivity contribution in [1.82, 2.24) is 10.2 Å². The van der Waals surface area contributed by atoms with Gasteiger partial charge in [-0.05, 0) is 31.9 Å². The van der Waals surface area contributed by atoms with Crippen LogP contribution in [0.4, 0.5) is 5.69 Å². The van der Waals surface area contributed by atoms with Crippen LogP contribution < -0.4 is 5.32 Å². The normalized spacial score (nSPS) is 16.2. The predicted molar refractivity (Wildman–Crippen MR) is 95.2 cm³/mol. The molecule has 1 fully saturated rings. The fraction of sp³-hybridized carbons (Fsp3) is 0.444. The lowest BCUT2D eigenvalue weighted by molar-refractivity contribution is -0.115. The second-order valence-corrected chi connectivity index (χ2v) is 7.44. The summed E-state index contributed by atoms with van der Waals surface area (Å²) in [7, 11) is 0. The second kappa shape index (κ2) is 8.17. The Hall–Kier alpha value is -2.33. The van der Waals surface area contributed by atoms with E-state index in [-0.39, 0.29) is 5.91 Å². The van der Waals surface area contributed by atoms with Crippen LogP contribution in [0.15, 0.2) is 33.9 Å². The van der Waals surface area contributed by atoms with E-state index in [4.69, 9.17) is 9.68 Å². The summed E-state index contributed by atoms with van der Waals surface area (Å²) < 4.78 is 5.75. The van der Waals surface area contributed by atoms with Gasteiger partial charge in [-0.2, -0.15) is 5.26 Å². The highest BCUT2D eigenvalue weighted by Gasteiger charge is 2.23. The molecule has 1 amide bonds. The van der Waals surface area contributed by atoms with Crippen LogP contribution in [-0.2, 0) is 4.79 Å². The van der Waals surface area contributed by atoms with Crippen molar-refractivity contribution in [2.24, 2.45) is 0 Å². The first-order valence-electron chi connectivity index (χ1n) is 8.47. The number of nitrogens with zero attached hydrogens (tertiary/aromatic N) is 3. The number of anilines is 1. The Kier molecular flexibility index (Phi) is 5.71. The molecule has 0 bridgehead atoms. The Morgan fingerprint density at radius 2 is 2.08 bits per heavy atom. The zero-order chi connectivity index (χ0) is 17.6. The van der Waals surface area contributed by atoms with Gasteiger partial charge in [0.2, 0.25) is 11.8 Å². The largest absolute Gasteiger partial charge is 0.416 e. The first-order valence-corrected chi connectivity index (χ1v) is 9.35. The molecule has 25 heavy (non-hydrogen) atoms. The number of amides is 1. The maximum atomic E-state index is 12.4. The molecule has 1 aliphatic rings. The molecule has 0 spiro atoms. The van der Waals surface area contributed by atoms with Gasteiger partial charge in [-0.3, -0.25) is 4.79 Å². The van der Waals surface area contributed by atoms with E-state index in [1.165, 1.54) is 31.0 Å². The highest BCUT2D eigenvalue weighted by Crippen LogP contribution is 2.33. The van der Waals surface area contributed by atoms with Gasteiger partial charge in [0, 0.05) is 5.92 Å². The molecule has 1 aliphatic carbocycles. The topological polar surface area (TPSA) is 91.8 Å². The summed E-state index contributed by atoms with van der Waals surface area (Å²) in [6, 6.07) is 8.99. The molecule has 7 heteroatoms. The van der Waals surface area contributed by atoms with Gasteiger partial charge >= 0.3 is 0 Å². The smallest absolute Gasteiger partial charge is 0.277 e. The third-order valence-electron chi connectivity index (χ3n) is 4.33. The van der Waals surface area contributed by atoms with Crippen LogP contribution in [0.1, 0.15) is 56.4 Å². The highest BCUT2D eigenvalue weighted by molar-refractivity contribution is 8.00. The number of carbonyl (C=O) groups is 1. The highest BCUT2D eigenvalue weighted by atomic mass is 32.2. The monoisotopic (exact) mass is 356 g/mol. The molecule has 0 radical (unpaired) electrons. The molecule has 130 valence electrons. The first-order chi connectivity index (χ1) is 12.2. The number of hydrogen-bond acceptors (Lipinski definition) is 6. The minimum atomic E-state index is -0.411. The Labute approximate surface area is 151 Å². The van der Waals surface area contributed by atoms with Gasteiger partial charge in [-0.15, -0.1) is 10.2 Å². The zero-order valence-corrected chi connectivity index (χ0v) is 14.9. The van der Waals surface area contributed by atoms with Crippen LogP contribution in [0.5, 0.6) is 0 Å². The molecule has 1 heterocycles. The summed E-state index contributed by atoms with van der Waals surface area (Å²) in [4.78, 5) is 12.4. The fourth-order valence-corrected chi connectivity index (χ4v) is 3.60. The number of rotatable bonds is 5. The van der Waals surface area contributed by atoms with Gasteiger partial charge in [-0.25, -0.2) is 0 Å². The molecule has 1 N–H and O–H groups in total. The van der Waals surface area contributed by atoms with E-state index in [0.29, 0.717) is 28.3 Å². The predicted octanol–water partition coefficient (Wildman–Crippen LogP) is 4.11. The average Bonchev–Trinajstić information content (AvgIpc) is 3.11. The molecule has 0 unspecified atom stereocenters. The number of benzene rings is 1. The van der Waals surface area contributed by atoms with E-state index in [1.807, 2.05) is 0 Å². The zero-order valence-electron chi connectivity index (χ0n) is 14.1. The van der Waals surface area contributed by atoms with Gasteiger partial charge in [0.05, 0.1) is 16.5 Å². The van der Waals surface area contributed by atoms with Gasteiger partial charge in [-0.1, -0.05) is 43.2 Å². The van der Waals surface area contributed by atoms with Crippen molar-refractivity contribution in [1.29, 1.82) is 5.26 Å². The third kappa shape index (κ3) is 4.40. The number of aromatic nitrogens is 2. The summed E-state index contributed by atoms with van der Waals surface area (Å²) >= 11 is 1.23. The second-order valence-electron chi connectivity index (χ2n) is 6.15. The van der Waals surface area contributed by atoms with E-state index < -0.39 is 5.25 Å². The van der Waals surface area contributed by atoms with E-state index >= 15 is 0 Å². The van der Waals surface area contributed by atoms with Crippen LogP contribution in [-0.4, -0.2) is 21.4 Å². The van der Waals surface area contributed by atoms with Crippen LogP contribution >= 0.6 is 11.8 Å². The average molecular weight is 356 g/mol. The van der Waals surface area contributed by atoms with Crippen molar-refractivity contribution in [2.45, 2.75) is 55.4 Å². The number of hydrogen-bond donors (Lipinski definition) is 1. The Morgan fingerprint density at radius 3 is 2.84 bits per heavy atom. The lowest BCUT2D eigenvalue weighted by Crippen LogP contribution is -2.22. The molecule has 1 atom stereocenters. The summed E-state index contributed by atoms with van der Waals surface area (Å²) in [6.45, 7) is 1.78. The SMILES string of the molecule is C[C@H](Sc1nnc(C2CCCCC2)o1)C(=O)Nc1ccccc1C#N. The standard InChI is InChI=1S/C18H20N4O2S/c1-12(16(23)20-15-10-6-5-9-14(15)11-19)25-18-22-21-17(24-18)13-7-3-2-4-8-13/h5-6,9-10,12-13H,2-4,7-8H2,1H3,(H,20,23)/t12-/m0/s1. The maximum absolute atomic E-state index is 12.4.